The average molecular weight is 289 g/mol. The maximum Gasteiger partial charge on any atom is 0.255 e. The SMILES string of the molecule is O=C(NC1CCCc2sccc21)c1cc(O)ccc1O. The fourth-order valence-corrected chi connectivity index (χ4v) is 3.57. The first-order valence-electron chi connectivity index (χ1n) is 6.54. The Labute approximate surface area is 120 Å². The molecule has 4 nitrogen and oxygen atoms in total. The highest BCUT2D eigenvalue weighted by atomic mass is 32.1. The van der Waals surface area contributed by atoms with Crippen LogP contribution in [0.25, 0.3) is 0 Å². The molecular weight excluding hydrogens is 274 g/mol. The molecule has 0 saturated carbocycles. The van der Waals surface area contributed by atoms with E-state index < -0.39 is 0 Å². The van der Waals surface area contributed by atoms with E-state index in [2.05, 4.69) is 5.32 Å². The second-order valence-electron chi connectivity index (χ2n) is 4.92. The van der Waals surface area contributed by atoms with Crippen LogP contribution in [0, 0.1) is 0 Å². The molecule has 2 aromatic rings. The van der Waals surface area contributed by atoms with Crippen molar-refractivity contribution in [2.45, 2.75) is 25.3 Å². The van der Waals surface area contributed by atoms with E-state index in [-0.39, 0.29) is 29.0 Å². The van der Waals surface area contributed by atoms with Gasteiger partial charge in [-0.1, -0.05) is 0 Å². The van der Waals surface area contributed by atoms with Crippen molar-refractivity contribution < 1.29 is 15.0 Å². The van der Waals surface area contributed by atoms with Gasteiger partial charge in [-0.2, -0.15) is 0 Å². The number of carbonyl (C=O) groups is 1. The normalized spacial score (nSPS) is 17.5. The molecule has 5 heteroatoms. The fourth-order valence-electron chi connectivity index (χ4n) is 2.58. The quantitative estimate of drug-likeness (QED) is 0.744. The topological polar surface area (TPSA) is 69.6 Å². The van der Waals surface area contributed by atoms with Gasteiger partial charge in [0, 0.05) is 4.88 Å². The lowest BCUT2D eigenvalue weighted by atomic mass is 9.94. The summed E-state index contributed by atoms with van der Waals surface area (Å²) in [5, 5.41) is 24.1. The highest BCUT2D eigenvalue weighted by molar-refractivity contribution is 7.10. The summed E-state index contributed by atoms with van der Waals surface area (Å²) in [5.41, 5.74) is 1.28. The molecule has 1 heterocycles. The van der Waals surface area contributed by atoms with Crippen LogP contribution >= 0.6 is 11.3 Å². The smallest absolute Gasteiger partial charge is 0.255 e. The number of hydrogen-bond acceptors (Lipinski definition) is 4. The van der Waals surface area contributed by atoms with Gasteiger partial charge in [0.25, 0.3) is 5.91 Å². The lowest BCUT2D eigenvalue weighted by molar-refractivity contribution is 0.0930. The zero-order valence-corrected chi connectivity index (χ0v) is 11.6. The number of rotatable bonds is 2. The molecule has 0 fully saturated rings. The minimum Gasteiger partial charge on any atom is -0.508 e. The minimum absolute atomic E-state index is 0.0146. The number of carbonyl (C=O) groups excluding carboxylic acids is 1. The summed E-state index contributed by atoms with van der Waals surface area (Å²) in [6.45, 7) is 0. The molecular formula is C15H15NO3S. The number of amides is 1. The van der Waals surface area contributed by atoms with E-state index in [1.54, 1.807) is 11.3 Å². The molecule has 1 aromatic carbocycles. The van der Waals surface area contributed by atoms with E-state index in [1.165, 1.54) is 28.6 Å². The molecule has 1 aromatic heterocycles. The summed E-state index contributed by atoms with van der Waals surface area (Å²) < 4.78 is 0. The first-order valence-corrected chi connectivity index (χ1v) is 7.42. The Morgan fingerprint density at radius 2 is 2.15 bits per heavy atom. The van der Waals surface area contributed by atoms with Crippen LogP contribution in [0.2, 0.25) is 0 Å². The van der Waals surface area contributed by atoms with Crippen molar-refractivity contribution in [3.8, 4) is 11.5 Å². The molecule has 1 aliphatic rings. The van der Waals surface area contributed by atoms with E-state index >= 15 is 0 Å². The molecule has 0 aliphatic heterocycles. The van der Waals surface area contributed by atoms with Crippen LogP contribution in [0.3, 0.4) is 0 Å². The molecule has 1 amide bonds. The zero-order valence-electron chi connectivity index (χ0n) is 10.8. The van der Waals surface area contributed by atoms with Gasteiger partial charge in [-0.3, -0.25) is 4.79 Å². The lowest BCUT2D eigenvalue weighted by Gasteiger charge is -2.23. The van der Waals surface area contributed by atoms with E-state index in [0.29, 0.717) is 0 Å². The van der Waals surface area contributed by atoms with Gasteiger partial charge in [-0.05, 0) is 54.5 Å². The number of aryl methyl sites for hydroxylation is 1. The largest absolute Gasteiger partial charge is 0.508 e. The zero-order chi connectivity index (χ0) is 14.1. The highest BCUT2D eigenvalue weighted by Gasteiger charge is 2.24. The van der Waals surface area contributed by atoms with Crippen LogP contribution in [0.15, 0.2) is 29.6 Å². The van der Waals surface area contributed by atoms with Crippen molar-refractivity contribution in [1.82, 2.24) is 5.32 Å². The van der Waals surface area contributed by atoms with Crippen molar-refractivity contribution in [2.75, 3.05) is 0 Å². The van der Waals surface area contributed by atoms with Gasteiger partial charge in [0.2, 0.25) is 0 Å². The Balaban J connectivity index is 1.82. The molecule has 3 N–H and O–H groups in total. The molecule has 1 aliphatic carbocycles. The van der Waals surface area contributed by atoms with Crippen LogP contribution in [0.1, 0.15) is 39.7 Å². The van der Waals surface area contributed by atoms with Crippen LogP contribution in [0.5, 0.6) is 11.5 Å². The Bertz CT molecular complexity index is 650. The first kappa shape index (κ1) is 13.0. The number of benzene rings is 1. The number of thiophene rings is 1. The fraction of sp³-hybridized carbons (Fsp3) is 0.267. The molecule has 104 valence electrons. The molecule has 0 bridgehead atoms. The molecule has 1 unspecified atom stereocenters. The molecule has 20 heavy (non-hydrogen) atoms. The predicted molar refractivity (Wildman–Crippen MR) is 77.2 cm³/mol. The van der Waals surface area contributed by atoms with Gasteiger partial charge in [0.1, 0.15) is 11.5 Å². The third-order valence-electron chi connectivity index (χ3n) is 3.58. The Morgan fingerprint density at radius 3 is 3.00 bits per heavy atom. The van der Waals surface area contributed by atoms with Gasteiger partial charge in [0.05, 0.1) is 11.6 Å². The number of nitrogens with one attached hydrogen (secondary N) is 1. The van der Waals surface area contributed by atoms with E-state index in [1.807, 2.05) is 11.4 Å². The standard InChI is InChI=1S/C15H15NO3S/c17-9-4-5-13(18)11(8-9)15(19)16-12-2-1-3-14-10(12)6-7-20-14/h4-8,12,17-18H,1-3H2,(H,16,19). The number of phenols is 2. The first-order chi connectivity index (χ1) is 9.65. The number of hydrogen-bond donors (Lipinski definition) is 3. The number of aromatic hydroxyl groups is 2. The average Bonchev–Trinajstić information content (AvgIpc) is 2.91. The summed E-state index contributed by atoms with van der Waals surface area (Å²) in [6, 6.07) is 5.98. The predicted octanol–water partition coefficient (Wildman–Crippen LogP) is 2.97. The minimum atomic E-state index is -0.359. The van der Waals surface area contributed by atoms with Gasteiger partial charge < -0.3 is 15.5 Å². The summed E-state index contributed by atoms with van der Waals surface area (Å²) in [6.07, 6.45) is 3.01. The molecule has 1 atom stereocenters. The Morgan fingerprint density at radius 1 is 1.30 bits per heavy atom. The molecule has 0 spiro atoms. The Hall–Kier alpha value is -2.01. The van der Waals surface area contributed by atoms with Gasteiger partial charge in [-0.15, -0.1) is 11.3 Å². The second-order valence-corrected chi connectivity index (χ2v) is 5.92. The van der Waals surface area contributed by atoms with Crippen molar-refractivity contribution in [3.63, 3.8) is 0 Å². The van der Waals surface area contributed by atoms with E-state index in [4.69, 9.17) is 0 Å². The van der Waals surface area contributed by atoms with Crippen molar-refractivity contribution >= 4 is 17.2 Å². The van der Waals surface area contributed by atoms with Gasteiger partial charge in [0.15, 0.2) is 0 Å². The maximum absolute atomic E-state index is 12.2. The lowest BCUT2D eigenvalue weighted by Crippen LogP contribution is -2.30. The monoisotopic (exact) mass is 289 g/mol. The summed E-state index contributed by atoms with van der Waals surface area (Å²) >= 11 is 1.72. The van der Waals surface area contributed by atoms with E-state index in [9.17, 15) is 15.0 Å². The molecule has 0 saturated heterocycles. The van der Waals surface area contributed by atoms with Crippen molar-refractivity contribution in [3.05, 3.63) is 45.6 Å². The van der Waals surface area contributed by atoms with Crippen molar-refractivity contribution in [2.24, 2.45) is 0 Å². The van der Waals surface area contributed by atoms with Crippen LogP contribution in [0.4, 0.5) is 0 Å². The van der Waals surface area contributed by atoms with Gasteiger partial charge >= 0.3 is 0 Å². The maximum atomic E-state index is 12.2. The summed E-state index contributed by atoms with van der Waals surface area (Å²) in [4.78, 5) is 13.6. The highest BCUT2D eigenvalue weighted by Crippen LogP contribution is 2.33. The second kappa shape index (κ2) is 5.17. The van der Waals surface area contributed by atoms with E-state index in [0.717, 1.165) is 19.3 Å². The Kier molecular flexibility index (Phi) is 3.36. The van der Waals surface area contributed by atoms with Gasteiger partial charge in [-0.25, -0.2) is 0 Å². The molecule has 0 radical (unpaired) electrons. The van der Waals surface area contributed by atoms with Crippen molar-refractivity contribution in [1.29, 1.82) is 0 Å². The third kappa shape index (κ3) is 2.36. The van der Waals surface area contributed by atoms with Crippen LogP contribution < -0.4 is 5.32 Å². The summed E-state index contributed by atoms with van der Waals surface area (Å²) in [7, 11) is 0. The molecule has 3 rings (SSSR count). The number of phenolic OH excluding ortho intramolecular Hbond substituents is 2. The van der Waals surface area contributed by atoms with Crippen LogP contribution in [-0.2, 0) is 6.42 Å². The van der Waals surface area contributed by atoms with Crippen LogP contribution in [-0.4, -0.2) is 16.1 Å². The number of fused-ring (bicyclic) bond motifs is 1. The third-order valence-corrected chi connectivity index (χ3v) is 4.58. The summed E-state index contributed by atoms with van der Waals surface area (Å²) in [5.74, 6) is -0.517.